The Labute approximate surface area is 187 Å². The minimum Gasteiger partial charge on any atom is -0.550 e. The van der Waals surface area contributed by atoms with Crippen LogP contribution in [0, 0.1) is 0 Å². The Balaban J connectivity index is -0.000000980. The van der Waals surface area contributed by atoms with Crippen LogP contribution in [0.3, 0.4) is 0 Å². The molecule has 0 aliphatic heterocycles. The molecule has 0 saturated heterocycles. The van der Waals surface area contributed by atoms with Crippen LogP contribution in [-0.2, 0) is 9.59 Å². The van der Waals surface area contributed by atoms with Crippen LogP contribution in [0.2, 0.25) is 0 Å². The Kier molecular flexibility index (Phi) is 23.1. The molecule has 0 aromatic rings. The molecule has 0 rings (SSSR count). The first-order valence-corrected chi connectivity index (χ1v) is 5.22. The van der Waals surface area contributed by atoms with Gasteiger partial charge in [0.15, 0.2) is 0 Å². The second kappa shape index (κ2) is 16.2. The summed E-state index contributed by atoms with van der Waals surface area (Å²) in [5.41, 5.74) is 0. The van der Waals surface area contributed by atoms with Gasteiger partial charge in [-0.1, -0.05) is 19.8 Å². The molecule has 0 aliphatic carbocycles. The number of nitrogens with one attached hydrogen (secondary N) is 1. The summed E-state index contributed by atoms with van der Waals surface area (Å²) in [4.78, 5) is 20.7. The number of unbranched alkanes of at least 4 members (excludes halogenated alkanes) is 2. The van der Waals surface area contributed by atoms with Crippen LogP contribution in [0.25, 0.3) is 0 Å². The van der Waals surface area contributed by atoms with Crippen molar-refractivity contribution in [3.63, 3.8) is 0 Å². The summed E-state index contributed by atoms with van der Waals surface area (Å²) in [5.74, 6) is -2.50. The van der Waals surface area contributed by atoms with Gasteiger partial charge in [-0.3, -0.25) is 0 Å². The van der Waals surface area contributed by atoms with Crippen molar-refractivity contribution >= 4 is 11.9 Å². The molecule has 88 valence electrons. The average molecular weight is 293 g/mol. The van der Waals surface area contributed by atoms with E-state index in [1.54, 1.807) is 0 Å². The second-order valence-electron chi connectivity index (χ2n) is 3.44. The Bertz CT molecular complexity index is 214. The maximum absolute atomic E-state index is 10.6. The van der Waals surface area contributed by atoms with Gasteiger partial charge < -0.3 is 25.1 Å². The monoisotopic (exact) mass is 293 g/mol. The van der Waals surface area contributed by atoms with Crippen LogP contribution in [-0.4, -0.2) is 24.5 Å². The number of carboxylic acid groups (broad SMARTS) is 2. The molecule has 0 aromatic heterocycles. The average Bonchev–Trinajstić information content (AvgIpc) is 2.15. The van der Waals surface area contributed by atoms with Gasteiger partial charge in [-0.05, 0) is 25.8 Å². The predicted molar refractivity (Wildman–Crippen MR) is 50.6 cm³/mol. The van der Waals surface area contributed by atoms with Gasteiger partial charge in [0.25, 0.3) is 0 Å². The molecule has 0 spiro atoms. The van der Waals surface area contributed by atoms with Gasteiger partial charge >= 0.3 is 103 Å². The zero-order chi connectivity index (χ0) is 11.7. The van der Waals surface area contributed by atoms with E-state index < -0.39 is 18.0 Å². The van der Waals surface area contributed by atoms with Crippen LogP contribution in [0.15, 0.2) is 0 Å². The summed E-state index contributed by atoms with van der Waals surface area (Å²) >= 11 is 0. The number of rotatable bonds is 9. The van der Waals surface area contributed by atoms with Gasteiger partial charge in [-0.25, -0.2) is 0 Å². The summed E-state index contributed by atoms with van der Waals surface area (Å²) in [6.45, 7) is 2.62. The molecule has 1 atom stereocenters. The fraction of sp³-hybridized carbons (Fsp3) is 0.800. The van der Waals surface area contributed by atoms with Crippen molar-refractivity contribution in [2.24, 2.45) is 0 Å². The molecule has 0 heterocycles. The van der Waals surface area contributed by atoms with Crippen molar-refractivity contribution in [2.45, 2.75) is 45.1 Å². The smallest absolute Gasteiger partial charge is 0.550 e. The van der Waals surface area contributed by atoms with Crippen molar-refractivity contribution in [2.75, 3.05) is 6.54 Å². The van der Waals surface area contributed by atoms with Gasteiger partial charge in [0.1, 0.15) is 0 Å². The molecule has 5 nitrogen and oxygen atoms in total. The van der Waals surface area contributed by atoms with Gasteiger partial charge in [-0.15, -0.1) is 0 Å². The fourth-order valence-corrected chi connectivity index (χ4v) is 1.22. The molecule has 0 amide bonds. The molecular formula is C10H17K2NO4. The number of carbonyl (C=O) groups excluding carboxylic acids is 2. The minimum atomic E-state index is -1.26. The summed E-state index contributed by atoms with van der Waals surface area (Å²) in [5, 5.41) is 23.5. The maximum Gasteiger partial charge on any atom is 1.00 e. The van der Waals surface area contributed by atoms with E-state index >= 15 is 0 Å². The number of carboxylic acids is 2. The third-order valence-electron chi connectivity index (χ3n) is 2.09. The quantitative estimate of drug-likeness (QED) is 0.337. The predicted octanol–water partition coefficient (Wildman–Crippen LogP) is -7.58. The zero-order valence-corrected chi connectivity index (χ0v) is 17.2. The van der Waals surface area contributed by atoms with E-state index in [-0.39, 0.29) is 116 Å². The first-order valence-electron chi connectivity index (χ1n) is 5.22. The Morgan fingerprint density at radius 1 is 1.18 bits per heavy atom. The standard InChI is InChI=1S/C10H19NO4.2K/c1-2-3-4-7-11-8(10(14)15)5-6-9(12)13;;/h8,11H,2-7H2,1H3,(H,12,13)(H,14,15);;/q;2*+1/p-2/t8-;;/m0../s1. The Hall–Kier alpha value is 2.17. The van der Waals surface area contributed by atoms with Gasteiger partial charge in [0.05, 0.1) is 5.97 Å². The fourth-order valence-electron chi connectivity index (χ4n) is 1.22. The minimum absolute atomic E-state index is 0. The second-order valence-corrected chi connectivity index (χ2v) is 3.44. The van der Waals surface area contributed by atoms with E-state index in [2.05, 4.69) is 5.32 Å². The molecule has 0 unspecified atom stereocenters. The summed E-state index contributed by atoms with van der Waals surface area (Å²) in [6.07, 6.45) is 2.70. The Morgan fingerprint density at radius 3 is 2.18 bits per heavy atom. The molecule has 0 aliphatic rings. The third kappa shape index (κ3) is 16.1. The number of hydrogen-bond acceptors (Lipinski definition) is 5. The molecule has 0 radical (unpaired) electrons. The normalized spacial score (nSPS) is 10.9. The summed E-state index contributed by atoms with van der Waals surface area (Å²) in [7, 11) is 0. The SMILES string of the molecule is CCCCCN[C@@H](CCC(=O)[O-])C(=O)[O-].[K+].[K+]. The number of carbonyl (C=O) groups is 2. The van der Waals surface area contributed by atoms with Crippen LogP contribution in [0.1, 0.15) is 39.0 Å². The largest absolute Gasteiger partial charge is 1.00 e. The molecule has 1 N–H and O–H groups in total. The summed E-state index contributed by atoms with van der Waals surface area (Å²) < 4.78 is 0. The Morgan fingerprint density at radius 2 is 1.76 bits per heavy atom. The topological polar surface area (TPSA) is 92.3 Å². The van der Waals surface area contributed by atoms with Crippen molar-refractivity contribution in [1.82, 2.24) is 5.32 Å². The molecule has 0 bridgehead atoms. The third-order valence-corrected chi connectivity index (χ3v) is 2.09. The van der Waals surface area contributed by atoms with Crippen molar-refractivity contribution in [1.29, 1.82) is 0 Å². The van der Waals surface area contributed by atoms with E-state index in [4.69, 9.17) is 0 Å². The summed E-state index contributed by atoms with van der Waals surface area (Å²) in [6, 6.07) is -0.889. The molecule has 0 saturated carbocycles. The first kappa shape index (κ1) is 24.2. The van der Waals surface area contributed by atoms with E-state index in [9.17, 15) is 19.8 Å². The van der Waals surface area contributed by atoms with Crippen LogP contribution in [0.4, 0.5) is 0 Å². The molecular weight excluding hydrogens is 276 g/mol. The van der Waals surface area contributed by atoms with Crippen molar-refractivity contribution in [3.8, 4) is 0 Å². The van der Waals surface area contributed by atoms with E-state index in [0.717, 1.165) is 19.3 Å². The maximum atomic E-state index is 10.6. The molecule has 7 heteroatoms. The van der Waals surface area contributed by atoms with Gasteiger partial charge in [0, 0.05) is 12.0 Å². The van der Waals surface area contributed by atoms with Gasteiger partial charge in [-0.2, -0.15) is 0 Å². The van der Waals surface area contributed by atoms with E-state index in [1.807, 2.05) is 6.92 Å². The van der Waals surface area contributed by atoms with Gasteiger partial charge in [0.2, 0.25) is 0 Å². The first-order chi connectivity index (χ1) is 7.07. The van der Waals surface area contributed by atoms with Crippen molar-refractivity contribution < 1.29 is 123 Å². The number of aliphatic carboxylic acids is 2. The van der Waals surface area contributed by atoms with Crippen LogP contribution >= 0.6 is 0 Å². The van der Waals surface area contributed by atoms with E-state index in [0.29, 0.717) is 6.54 Å². The van der Waals surface area contributed by atoms with Crippen LogP contribution < -0.4 is 118 Å². The molecule has 0 aromatic carbocycles. The molecule has 0 fully saturated rings. The molecule has 17 heavy (non-hydrogen) atoms. The van der Waals surface area contributed by atoms with E-state index in [1.165, 1.54) is 0 Å². The van der Waals surface area contributed by atoms with Crippen LogP contribution in [0.5, 0.6) is 0 Å². The number of hydrogen-bond donors (Lipinski definition) is 1. The zero-order valence-electron chi connectivity index (χ0n) is 11.0. The van der Waals surface area contributed by atoms with Crippen molar-refractivity contribution in [3.05, 3.63) is 0 Å².